The van der Waals surface area contributed by atoms with Gasteiger partial charge < -0.3 is 15.2 Å². The summed E-state index contributed by atoms with van der Waals surface area (Å²) in [6.45, 7) is 3.17. The van der Waals surface area contributed by atoms with Crippen molar-refractivity contribution in [3.05, 3.63) is 93.5 Å². The lowest BCUT2D eigenvalue weighted by Crippen LogP contribution is -2.43. The molecule has 3 aromatic carbocycles. The van der Waals surface area contributed by atoms with Crippen molar-refractivity contribution in [2.45, 2.75) is 25.8 Å². The smallest absolute Gasteiger partial charge is 0.407 e. The van der Waals surface area contributed by atoms with Crippen molar-refractivity contribution in [3.63, 3.8) is 0 Å². The van der Waals surface area contributed by atoms with Gasteiger partial charge in [-0.15, -0.1) is 0 Å². The van der Waals surface area contributed by atoms with Crippen LogP contribution in [-0.2, 0) is 9.53 Å². The first-order valence-corrected chi connectivity index (χ1v) is 11.2. The molecule has 1 amide bonds. The molecule has 3 aromatic rings. The monoisotopic (exact) mass is 483 g/mol. The minimum absolute atomic E-state index is 0.102. The average molecular weight is 484 g/mol. The summed E-state index contributed by atoms with van der Waals surface area (Å²) in [6, 6.07) is 19.9. The number of ether oxygens (including phenoxy) is 1. The van der Waals surface area contributed by atoms with E-state index in [-0.39, 0.29) is 12.5 Å². The predicted molar refractivity (Wildman–Crippen MR) is 129 cm³/mol. The van der Waals surface area contributed by atoms with E-state index in [1.165, 1.54) is 13.8 Å². The van der Waals surface area contributed by atoms with Gasteiger partial charge in [-0.25, -0.2) is 4.79 Å². The van der Waals surface area contributed by atoms with E-state index >= 15 is 0 Å². The van der Waals surface area contributed by atoms with Crippen molar-refractivity contribution in [2.75, 3.05) is 6.61 Å². The van der Waals surface area contributed by atoms with Crippen LogP contribution >= 0.6 is 23.2 Å². The fourth-order valence-electron chi connectivity index (χ4n) is 4.30. The van der Waals surface area contributed by atoms with E-state index in [0.29, 0.717) is 15.6 Å². The Labute approximate surface area is 202 Å². The molecule has 0 saturated heterocycles. The van der Waals surface area contributed by atoms with Gasteiger partial charge in [0.1, 0.15) is 6.61 Å². The molecule has 33 heavy (non-hydrogen) atoms. The topological polar surface area (TPSA) is 75.6 Å². The predicted octanol–water partition coefficient (Wildman–Crippen LogP) is 6.68. The zero-order chi connectivity index (χ0) is 23.8. The Kier molecular flexibility index (Phi) is 6.37. The number of benzene rings is 3. The lowest BCUT2D eigenvalue weighted by atomic mass is 9.80. The molecule has 1 unspecified atom stereocenters. The van der Waals surface area contributed by atoms with Crippen molar-refractivity contribution in [2.24, 2.45) is 5.41 Å². The third kappa shape index (κ3) is 4.56. The van der Waals surface area contributed by atoms with Crippen LogP contribution in [-0.4, -0.2) is 23.8 Å². The first-order valence-electron chi connectivity index (χ1n) is 10.5. The Morgan fingerprint density at radius 3 is 2.00 bits per heavy atom. The number of aliphatic carboxylic acids is 1. The quantitative estimate of drug-likeness (QED) is 0.409. The van der Waals surface area contributed by atoms with Crippen LogP contribution in [0, 0.1) is 5.41 Å². The SMILES string of the molecule is CC(C)(C(=O)O)C(NC(=O)OCC1c2ccccc2-c2ccccc21)c1cc(Cl)cc(Cl)c1. The molecule has 170 valence electrons. The average Bonchev–Trinajstić information content (AvgIpc) is 3.09. The number of nitrogens with one attached hydrogen (secondary N) is 1. The van der Waals surface area contributed by atoms with Crippen LogP contribution in [0.15, 0.2) is 66.7 Å². The molecule has 0 aromatic heterocycles. The normalized spacial score (nSPS) is 13.7. The van der Waals surface area contributed by atoms with Crippen molar-refractivity contribution in [1.82, 2.24) is 5.32 Å². The van der Waals surface area contributed by atoms with Gasteiger partial charge in [-0.3, -0.25) is 4.79 Å². The van der Waals surface area contributed by atoms with Gasteiger partial charge in [0.25, 0.3) is 0 Å². The molecule has 1 aliphatic rings. The number of hydrogen-bond acceptors (Lipinski definition) is 3. The molecule has 0 bridgehead atoms. The number of halogens is 2. The summed E-state index contributed by atoms with van der Waals surface area (Å²) in [7, 11) is 0. The number of hydrogen-bond donors (Lipinski definition) is 2. The molecule has 0 spiro atoms. The van der Waals surface area contributed by atoms with E-state index in [4.69, 9.17) is 27.9 Å². The molecule has 1 aliphatic carbocycles. The summed E-state index contributed by atoms with van der Waals surface area (Å²) in [6.07, 6.45) is -0.715. The molecule has 0 saturated carbocycles. The second kappa shape index (κ2) is 9.08. The summed E-state index contributed by atoms with van der Waals surface area (Å²) in [5.41, 5.74) is 3.57. The summed E-state index contributed by atoms with van der Waals surface area (Å²) in [4.78, 5) is 24.8. The third-order valence-electron chi connectivity index (χ3n) is 6.10. The Morgan fingerprint density at radius 2 is 1.48 bits per heavy atom. The highest BCUT2D eigenvalue weighted by atomic mass is 35.5. The van der Waals surface area contributed by atoms with E-state index in [9.17, 15) is 14.7 Å². The number of carbonyl (C=O) groups excluding carboxylic acids is 1. The van der Waals surface area contributed by atoms with Gasteiger partial charge >= 0.3 is 12.1 Å². The first kappa shape index (κ1) is 23.1. The first-order chi connectivity index (χ1) is 15.7. The molecular weight excluding hydrogens is 461 g/mol. The highest BCUT2D eigenvalue weighted by Gasteiger charge is 2.40. The van der Waals surface area contributed by atoms with Gasteiger partial charge in [0.2, 0.25) is 0 Å². The van der Waals surface area contributed by atoms with Gasteiger partial charge in [0.15, 0.2) is 0 Å². The minimum Gasteiger partial charge on any atom is -0.481 e. The zero-order valence-corrected chi connectivity index (χ0v) is 19.7. The van der Waals surface area contributed by atoms with Crippen LogP contribution in [0.25, 0.3) is 11.1 Å². The summed E-state index contributed by atoms with van der Waals surface area (Å²) in [5, 5.41) is 13.2. The van der Waals surface area contributed by atoms with E-state index in [0.717, 1.165) is 22.3 Å². The van der Waals surface area contributed by atoms with Crippen LogP contribution in [0.2, 0.25) is 10.0 Å². The minimum atomic E-state index is -1.35. The largest absolute Gasteiger partial charge is 0.481 e. The number of amides is 1. The Balaban J connectivity index is 1.56. The molecule has 1 atom stereocenters. The third-order valence-corrected chi connectivity index (χ3v) is 6.53. The van der Waals surface area contributed by atoms with Crippen molar-refractivity contribution >= 4 is 35.3 Å². The standard InChI is InChI=1S/C26H23Cl2NO4/c1-26(2,24(30)31)23(15-11-16(27)13-17(28)12-15)29-25(32)33-14-22-20-9-5-3-7-18(20)19-8-4-6-10-21(19)22/h3-13,22-23H,14H2,1-2H3,(H,29,32)(H,30,31). The second-order valence-corrected chi connectivity index (χ2v) is 9.51. The summed E-state index contributed by atoms with van der Waals surface area (Å²) < 4.78 is 5.62. The zero-order valence-electron chi connectivity index (χ0n) is 18.1. The number of fused-ring (bicyclic) bond motifs is 3. The van der Waals surface area contributed by atoms with Crippen LogP contribution in [0.4, 0.5) is 4.79 Å². The highest BCUT2D eigenvalue weighted by Crippen LogP contribution is 2.44. The summed E-state index contributed by atoms with van der Waals surface area (Å²) in [5.74, 6) is -1.18. The Bertz CT molecular complexity index is 1160. The Morgan fingerprint density at radius 1 is 0.970 bits per heavy atom. The van der Waals surface area contributed by atoms with Crippen LogP contribution in [0.1, 0.15) is 42.5 Å². The maximum Gasteiger partial charge on any atom is 0.407 e. The number of carboxylic acids is 1. The molecule has 7 heteroatoms. The lowest BCUT2D eigenvalue weighted by molar-refractivity contribution is -0.148. The van der Waals surface area contributed by atoms with Crippen molar-refractivity contribution < 1.29 is 19.4 Å². The van der Waals surface area contributed by atoms with Gasteiger partial charge in [-0.05, 0) is 59.9 Å². The molecule has 5 nitrogen and oxygen atoms in total. The molecule has 0 fully saturated rings. The highest BCUT2D eigenvalue weighted by molar-refractivity contribution is 6.34. The maximum atomic E-state index is 12.9. The fourth-order valence-corrected chi connectivity index (χ4v) is 4.85. The molecule has 0 aliphatic heterocycles. The van der Waals surface area contributed by atoms with Gasteiger partial charge in [-0.2, -0.15) is 0 Å². The van der Waals surface area contributed by atoms with E-state index in [2.05, 4.69) is 17.4 Å². The van der Waals surface area contributed by atoms with Gasteiger partial charge in [0.05, 0.1) is 11.5 Å². The fraction of sp³-hybridized carbons (Fsp3) is 0.231. The van der Waals surface area contributed by atoms with Crippen molar-refractivity contribution in [1.29, 1.82) is 0 Å². The number of carboxylic acid groups (broad SMARTS) is 1. The van der Waals surface area contributed by atoms with E-state index in [1.807, 2.05) is 36.4 Å². The van der Waals surface area contributed by atoms with Crippen LogP contribution in [0.3, 0.4) is 0 Å². The molecule has 0 radical (unpaired) electrons. The second-order valence-electron chi connectivity index (χ2n) is 8.63. The van der Waals surface area contributed by atoms with E-state index < -0.39 is 23.5 Å². The molecule has 0 heterocycles. The van der Waals surface area contributed by atoms with Gasteiger partial charge in [0, 0.05) is 16.0 Å². The maximum absolute atomic E-state index is 12.9. The summed E-state index contributed by atoms with van der Waals surface area (Å²) >= 11 is 12.3. The van der Waals surface area contributed by atoms with Crippen molar-refractivity contribution in [3.8, 4) is 11.1 Å². The van der Waals surface area contributed by atoms with Crippen LogP contribution in [0.5, 0.6) is 0 Å². The van der Waals surface area contributed by atoms with Gasteiger partial charge in [-0.1, -0.05) is 71.7 Å². The number of carbonyl (C=O) groups is 2. The van der Waals surface area contributed by atoms with E-state index in [1.54, 1.807) is 18.2 Å². The molecular formula is C26H23Cl2NO4. The number of rotatable bonds is 6. The number of alkyl carbamates (subject to hydrolysis) is 1. The lowest BCUT2D eigenvalue weighted by Gasteiger charge is -2.31. The molecule has 2 N–H and O–H groups in total. The van der Waals surface area contributed by atoms with Crippen LogP contribution < -0.4 is 5.32 Å². The molecule has 4 rings (SSSR count). The Hall–Kier alpha value is -3.02.